The first-order valence-electron chi connectivity index (χ1n) is 7.81. The summed E-state index contributed by atoms with van der Waals surface area (Å²) in [6.07, 6.45) is -0.534. The predicted octanol–water partition coefficient (Wildman–Crippen LogP) is 2.63. The second kappa shape index (κ2) is 6.55. The minimum atomic E-state index is -3.55. The van der Waals surface area contributed by atoms with Crippen LogP contribution in [-0.2, 0) is 14.8 Å². The molecular weight excluding hydrogens is 350 g/mol. The number of aryl methyl sites for hydroxylation is 2. The molecule has 1 fully saturated rings. The average Bonchev–Trinajstić information content (AvgIpc) is 3.14. The highest BCUT2D eigenvalue weighted by molar-refractivity contribution is 7.89. The maximum Gasteiger partial charge on any atom is 0.246 e. The van der Waals surface area contributed by atoms with Crippen LogP contribution in [0.3, 0.4) is 0 Å². The van der Waals surface area contributed by atoms with E-state index in [0.717, 1.165) is 9.75 Å². The van der Waals surface area contributed by atoms with E-state index in [1.165, 1.54) is 15.6 Å². The normalized spacial score (nSPS) is 20.0. The summed E-state index contributed by atoms with van der Waals surface area (Å²) in [5.74, 6) is 0.973. The fourth-order valence-electron chi connectivity index (χ4n) is 2.61. The summed E-state index contributed by atoms with van der Waals surface area (Å²) >= 11 is 1.49. The third-order valence-electron chi connectivity index (χ3n) is 3.87. The number of aromatic nitrogens is 2. The van der Waals surface area contributed by atoms with E-state index in [-0.39, 0.29) is 12.5 Å². The molecule has 1 saturated heterocycles. The Morgan fingerprint density at radius 3 is 2.67 bits per heavy atom. The van der Waals surface area contributed by atoms with E-state index in [2.05, 4.69) is 10.2 Å². The zero-order chi connectivity index (χ0) is 17.5. The highest BCUT2D eigenvalue weighted by atomic mass is 32.2. The van der Waals surface area contributed by atoms with E-state index in [1.807, 2.05) is 27.7 Å². The average molecular weight is 371 g/mol. The highest BCUT2D eigenvalue weighted by Gasteiger charge is 2.35. The van der Waals surface area contributed by atoms with Crippen molar-refractivity contribution in [1.29, 1.82) is 0 Å². The van der Waals surface area contributed by atoms with Gasteiger partial charge in [-0.2, -0.15) is 4.31 Å². The fraction of sp³-hybridized carbons (Fsp3) is 0.600. The predicted molar refractivity (Wildman–Crippen MR) is 89.6 cm³/mol. The first-order chi connectivity index (χ1) is 11.3. The van der Waals surface area contributed by atoms with Crippen LogP contribution < -0.4 is 0 Å². The molecule has 0 spiro atoms. The molecule has 2 aromatic heterocycles. The fourth-order valence-corrected chi connectivity index (χ4v) is 5.55. The second-order valence-corrected chi connectivity index (χ2v) is 9.50. The van der Waals surface area contributed by atoms with E-state index in [4.69, 9.17) is 9.15 Å². The maximum atomic E-state index is 12.9. The standard InChI is InChI=1S/C15H21N3O4S2/c1-9(2)14-16-17-15(22-14)12-8-18(5-6-21-12)24(19,20)13-7-10(3)23-11(13)4/h7,9,12H,5-6,8H2,1-4H3. The minimum absolute atomic E-state index is 0.117. The van der Waals surface area contributed by atoms with Crippen LogP contribution >= 0.6 is 11.3 Å². The Balaban J connectivity index is 1.83. The van der Waals surface area contributed by atoms with E-state index in [0.29, 0.717) is 29.8 Å². The lowest BCUT2D eigenvalue weighted by molar-refractivity contribution is -0.0179. The van der Waals surface area contributed by atoms with Crippen LogP contribution in [0, 0.1) is 13.8 Å². The van der Waals surface area contributed by atoms with Crippen molar-refractivity contribution in [3.05, 3.63) is 27.6 Å². The minimum Gasteiger partial charge on any atom is -0.422 e. The van der Waals surface area contributed by atoms with E-state index in [1.54, 1.807) is 6.07 Å². The van der Waals surface area contributed by atoms with Gasteiger partial charge >= 0.3 is 0 Å². The van der Waals surface area contributed by atoms with Crippen molar-refractivity contribution in [2.45, 2.75) is 44.6 Å². The molecule has 7 nitrogen and oxygen atoms in total. The zero-order valence-corrected chi connectivity index (χ0v) is 15.8. The molecule has 2 aromatic rings. The molecule has 1 atom stereocenters. The number of rotatable bonds is 4. The molecule has 9 heteroatoms. The third-order valence-corrected chi connectivity index (χ3v) is 6.95. The molecule has 0 amide bonds. The summed E-state index contributed by atoms with van der Waals surface area (Å²) in [7, 11) is -3.55. The Kier molecular flexibility index (Phi) is 4.78. The summed E-state index contributed by atoms with van der Waals surface area (Å²) < 4.78 is 38.6. The van der Waals surface area contributed by atoms with Crippen molar-refractivity contribution in [3.8, 4) is 0 Å². The van der Waals surface area contributed by atoms with Crippen LogP contribution in [0.2, 0.25) is 0 Å². The van der Waals surface area contributed by atoms with Gasteiger partial charge in [0.25, 0.3) is 0 Å². The number of hydrogen-bond acceptors (Lipinski definition) is 7. The van der Waals surface area contributed by atoms with Crippen LogP contribution in [0.5, 0.6) is 0 Å². The summed E-state index contributed by atoms with van der Waals surface area (Å²) in [6, 6.07) is 1.73. The van der Waals surface area contributed by atoms with Crippen molar-refractivity contribution in [2.75, 3.05) is 19.7 Å². The molecule has 0 saturated carbocycles. The number of nitrogens with zero attached hydrogens (tertiary/aromatic N) is 3. The van der Waals surface area contributed by atoms with Crippen LogP contribution in [0.4, 0.5) is 0 Å². The van der Waals surface area contributed by atoms with Crippen LogP contribution in [-0.4, -0.2) is 42.6 Å². The Labute approximate surface area is 145 Å². The van der Waals surface area contributed by atoms with Crippen LogP contribution in [0.25, 0.3) is 0 Å². The summed E-state index contributed by atoms with van der Waals surface area (Å²) in [4.78, 5) is 2.16. The smallest absolute Gasteiger partial charge is 0.246 e. The van der Waals surface area contributed by atoms with Gasteiger partial charge in [-0.25, -0.2) is 8.42 Å². The van der Waals surface area contributed by atoms with Crippen LogP contribution in [0.15, 0.2) is 15.4 Å². The first-order valence-corrected chi connectivity index (χ1v) is 10.1. The van der Waals surface area contributed by atoms with Gasteiger partial charge in [0.1, 0.15) is 6.10 Å². The topological polar surface area (TPSA) is 85.5 Å². The summed E-state index contributed by atoms with van der Waals surface area (Å²) in [5, 5.41) is 8.00. The number of thiophene rings is 1. The van der Waals surface area contributed by atoms with Gasteiger partial charge in [0.05, 0.1) is 11.5 Å². The van der Waals surface area contributed by atoms with Gasteiger partial charge in [-0.1, -0.05) is 13.8 Å². The molecule has 0 aromatic carbocycles. The first kappa shape index (κ1) is 17.5. The van der Waals surface area contributed by atoms with Gasteiger partial charge in [0.2, 0.25) is 21.8 Å². The Hall–Kier alpha value is -1.29. The molecule has 0 N–H and O–H groups in total. The lowest BCUT2D eigenvalue weighted by atomic mass is 10.2. The number of morpholine rings is 1. The lowest BCUT2D eigenvalue weighted by Gasteiger charge is -2.30. The molecular formula is C15H21N3O4S2. The van der Waals surface area contributed by atoms with Crippen molar-refractivity contribution in [2.24, 2.45) is 0 Å². The lowest BCUT2D eigenvalue weighted by Crippen LogP contribution is -2.42. The highest BCUT2D eigenvalue weighted by Crippen LogP contribution is 2.31. The zero-order valence-electron chi connectivity index (χ0n) is 14.1. The van der Waals surface area contributed by atoms with Gasteiger partial charge in [0, 0.05) is 28.8 Å². The SMILES string of the molecule is Cc1cc(S(=O)(=O)N2CCOC(c3nnc(C(C)C)o3)C2)c(C)s1. The van der Waals surface area contributed by atoms with Gasteiger partial charge in [-0.05, 0) is 19.9 Å². The molecule has 132 valence electrons. The van der Waals surface area contributed by atoms with Gasteiger partial charge in [0.15, 0.2) is 0 Å². The molecule has 3 heterocycles. The van der Waals surface area contributed by atoms with Crippen LogP contribution in [0.1, 0.15) is 47.4 Å². The molecule has 0 bridgehead atoms. The number of sulfonamides is 1. The van der Waals surface area contributed by atoms with Crippen molar-refractivity contribution in [1.82, 2.24) is 14.5 Å². The summed E-state index contributed by atoms with van der Waals surface area (Å²) in [6.45, 7) is 8.44. The molecule has 1 unspecified atom stereocenters. The third kappa shape index (κ3) is 3.26. The van der Waals surface area contributed by atoms with Gasteiger partial charge < -0.3 is 9.15 Å². The quantitative estimate of drug-likeness (QED) is 0.821. The van der Waals surface area contributed by atoms with E-state index >= 15 is 0 Å². The Bertz CT molecular complexity index is 826. The van der Waals surface area contributed by atoms with E-state index in [9.17, 15) is 8.42 Å². The van der Waals surface area contributed by atoms with E-state index < -0.39 is 16.1 Å². The number of hydrogen-bond donors (Lipinski definition) is 0. The van der Waals surface area contributed by atoms with Crippen molar-refractivity contribution < 1.29 is 17.6 Å². The molecule has 24 heavy (non-hydrogen) atoms. The monoisotopic (exact) mass is 371 g/mol. The molecule has 1 aliphatic heterocycles. The Morgan fingerprint density at radius 2 is 2.08 bits per heavy atom. The second-order valence-electron chi connectivity index (χ2n) is 6.13. The molecule has 3 rings (SSSR count). The largest absolute Gasteiger partial charge is 0.422 e. The Morgan fingerprint density at radius 1 is 1.33 bits per heavy atom. The number of ether oxygens (including phenoxy) is 1. The molecule has 0 aliphatic carbocycles. The van der Waals surface area contributed by atoms with Gasteiger partial charge in [-0.3, -0.25) is 0 Å². The molecule has 1 aliphatic rings. The maximum absolute atomic E-state index is 12.9. The van der Waals surface area contributed by atoms with Gasteiger partial charge in [-0.15, -0.1) is 21.5 Å². The van der Waals surface area contributed by atoms with Crippen molar-refractivity contribution in [3.63, 3.8) is 0 Å². The summed E-state index contributed by atoms with van der Waals surface area (Å²) in [5.41, 5.74) is 0. The molecule has 0 radical (unpaired) electrons. The van der Waals surface area contributed by atoms with Crippen molar-refractivity contribution >= 4 is 21.4 Å².